The van der Waals surface area contributed by atoms with Gasteiger partial charge in [0.25, 0.3) is 0 Å². The van der Waals surface area contributed by atoms with Crippen molar-refractivity contribution < 1.29 is 9.90 Å². The van der Waals surface area contributed by atoms with Gasteiger partial charge in [0.1, 0.15) is 0 Å². The first-order valence-electron chi connectivity index (χ1n) is 8.06. The molecule has 1 aliphatic carbocycles. The van der Waals surface area contributed by atoms with Gasteiger partial charge in [0.05, 0.1) is 11.6 Å². The van der Waals surface area contributed by atoms with Crippen molar-refractivity contribution in [1.29, 1.82) is 0 Å². The topological polar surface area (TPSA) is 61.4 Å². The average Bonchev–Trinajstić information content (AvgIpc) is 2.39. The molecule has 1 atom stereocenters. The lowest BCUT2D eigenvalue weighted by atomic mass is 9.79. The van der Waals surface area contributed by atoms with Crippen LogP contribution in [0.25, 0.3) is 0 Å². The molecule has 0 bridgehead atoms. The minimum atomic E-state index is -0.626. The number of hydrogen-bond donors (Lipinski definition) is 3. The number of carbonyl (C=O) groups excluding carboxylic acids is 1. The molecule has 0 saturated heterocycles. The van der Waals surface area contributed by atoms with Crippen molar-refractivity contribution in [2.75, 3.05) is 13.1 Å². The highest BCUT2D eigenvalue weighted by Crippen LogP contribution is 2.31. The summed E-state index contributed by atoms with van der Waals surface area (Å²) in [5, 5.41) is 16.6. The summed E-state index contributed by atoms with van der Waals surface area (Å²) in [6.45, 7) is 9.63. The fraction of sp³-hybridized carbons (Fsp3) is 0.938. The van der Waals surface area contributed by atoms with E-state index in [-0.39, 0.29) is 11.9 Å². The summed E-state index contributed by atoms with van der Waals surface area (Å²) in [7, 11) is 0. The fourth-order valence-corrected chi connectivity index (χ4v) is 2.55. The number of amides is 1. The molecule has 1 rings (SSSR count). The highest BCUT2D eigenvalue weighted by molar-refractivity contribution is 5.81. The Kier molecular flexibility index (Phi) is 6.96. The minimum Gasteiger partial charge on any atom is -0.389 e. The van der Waals surface area contributed by atoms with Crippen molar-refractivity contribution in [3.05, 3.63) is 0 Å². The van der Waals surface area contributed by atoms with Crippen LogP contribution in [-0.4, -0.2) is 35.7 Å². The smallest absolute Gasteiger partial charge is 0.236 e. The van der Waals surface area contributed by atoms with Crippen molar-refractivity contribution in [2.24, 2.45) is 11.8 Å². The van der Waals surface area contributed by atoms with Crippen LogP contribution in [-0.2, 0) is 4.79 Å². The van der Waals surface area contributed by atoms with Gasteiger partial charge in [-0.15, -0.1) is 0 Å². The van der Waals surface area contributed by atoms with Gasteiger partial charge >= 0.3 is 0 Å². The van der Waals surface area contributed by atoms with E-state index in [1.165, 1.54) is 0 Å². The maximum Gasteiger partial charge on any atom is 0.236 e. The molecule has 0 aromatic carbocycles. The highest BCUT2D eigenvalue weighted by Gasteiger charge is 2.32. The van der Waals surface area contributed by atoms with Crippen molar-refractivity contribution in [1.82, 2.24) is 10.6 Å². The molecule has 20 heavy (non-hydrogen) atoms. The number of aliphatic hydroxyl groups is 1. The number of nitrogens with one attached hydrogen (secondary N) is 2. The van der Waals surface area contributed by atoms with E-state index in [2.05, 4.69) is 31.4 Å². The van der Waals surface area contributed by atoms with E-state index < -0.39 is 5.60 Å². The Labute approximate surface area is 123 Å². The van der Waals surface area contributed by atoms with Crippen molar-refractivity contribution in [2.45, 2.75) is 71.4 Å². The van der Waals surface area contributed by atoms with Crippen LogP contribution >= 0.6 is 0 Å². The zero-order chi connectivity index (χ0) is 15.2. The Bertz CT molecular complexity index is 297. The van der Waals surface area contributed by atoms with Crippen LogP contribution in [0, 0.1) is 11.8 Å². The first kappa shape index (κ1) is 17.4. The Balaban J connectivity index is 2.24. The van der Waals surface area contributed by atoms with Gasteiger partial charge in [-0.25, -0.2) is 0 Å². The van der Waals surface area contributed by atoms with E-state index in [0.717, 1.165) is 38.6 Å². The Morgan fingerprint density at radius 1 is 1.30 bits per heavy atom. The Morgan fingerprint density at radius 2 is 1.90 bits per heavy atom. The van der Waals surface area contributed by atoms with Crippen LogP contribution in [0.3, 0.4) is 0 Å². The van der Waals surface area contributed by atoms with Gasteiger partial charge in [-0.3, -0.25) is 4.79 Å². The van der Waals surface area contributed by atoms with Gasteiger partial charge in [-0.1, -0.05) is 20.8 Å². The Morgan fingerprint density at radius 3 is 2.45 bits per heavy atom. The number of hydrogen-bond acceptors (Lipinski definition) is 3. The second-order valence-electron chi connectivity index (χ2n) is 6.98. The molecule has 0 spiro atoms. The molecular weight excluding hydrogens is 252 g/mol. The van der Waals surface area contributed by atoms with E-state index in [0.29, 0.717) is 18.4 Å². The molecular formula is C16H32N2O2. The fourth-order valence-electron chi connectivity index (χ4n) is 2.55. The number of rotatable bonds is 7. The summed E-state index contributed by atoms with van der Waals surface area (Å²) in [5.41, 5.74) is -0.626. The molecule has 1 fully saturated rings. The van der Waals surface area contributed by atoms with Crippen LogP contribution in [0.1, 0.15) is 59.8 Å². The maximum absolute atomic E-state index is 11.9. The van der Waals surface area contributed by atoms with Crippen LogP contribution < -0.4 is 10.6 Å². The second-order valence-corrected chi connectivity index (χ2v) is 6.98. The van der Waals surface area contributed by atoms with Gasteiger partial charge in [-0.2, -0.15) is 0 Å². The van der Waals surface area contributed by atoms with Crippen LogP contribution in [0.2, 0.25) is 0 Å². The standard InChI is InChI=1S/C16H32N2O2/c1-12(2)7-10-17-15(19)14(4)18-11-16(20)8-5-13(3)6-9-16/h12-14,18,20H,5-11H2,1-4H3,(H,17,19). The van der Waals surface area contributed by atoms with Gasteiger partial charge in [-0.05, 0) is 50.9 Å². The summed E-state index contributed by atoms with van der Waals surface area (Å²) in [5.74, 6) is 1.34. The molecule has 1 aliphatic rings. The third-order valence-electron chi connectivity index (χ3n) is 4.36. The van der Waals surface area contributed by atoms with Crippen molar-refractivity contribution >= 4 is 5.91 Å². The first-order valence-corrected chi connectivity index (χ1v) is 8.06. The molecule has 0 aliphatic heterocycles. The summed E-state index contributed by atoms with van der Waals surface area (Å²) in [6, 6.07) is -0.245. The van der Waals surface area contributed by atoms with Gasteiger partial charge in [0.15, 0.2) is 0 Å². The normalized spacial score (nSPS) is 28.4. The van der Waals surface area contributed by atoms with Crippen LogP contribution in [0.15, 0.2) is 0 Å². The summed E-state index contributed by atoms with van der Waals surface area (Å²) in [6.07, 6.45) is 4.83. The lowest BCUT2D eigenvalue weighted by Crippen LogP contribution is -2.50. The van der Waals surface area contributed by atoms with Gasteiger partial charge in [0.2, 0.25) is 5.91 Å². The average molecular weight is 284 g/mol. The van der Waals surface area contributed by atoms with Gasteiger partial charge in [0, 0.05) is 13.1 Å². The molecule has 4 nitrogen and oxygen atoms in total. The highest BCUT2D eigenvalue weighted by atomic mass is 16.3. The lowest BCUT2D eigenvalue weighted by Gasteiger charge is -2.35. The first-order chi connectivity index (χ1) is 9.32. The lowest BCUT2D eigenvalue weighted by molar-refractivity contribution is -0.123. The minimum absolute atomic E-state index is 0.0263. The molecule has 4 heteroatoms. The zero-order valence-corrected chi connectivity index (χ0v) is 13.5. The third kappa shape index (κ3) is 6.23. The van der Waals surface area contributed by atoms with E-state index >= 15 is 0 Å². The Hall–Kier alpha value is -0.610. The quantitative estimate of drug-likeness (QED) is 0.670. The van der Waals surface area contributed by atoms with E-state index in [9.17, 15) is 9.90 Å². The van der Waals surface area contributed by atoms with Crippen LogP contribution in [0.5, 0.6) is 0 Å². The summed E-state index contributed by atoms with van der Waals surface area (Å²) < 4.78 is 0. The summed E-state index contributed by atoms with van der Waals surface area (Å²) in [4.78, 5) is 11.9. The zero-order valence-electron chi connectivity index (χ0n) is 13.5. The third-order valence-corrected chi connectivity index (χ3v) is 4.36. The maximum atomic E-state index is 11.9. The van der Waals surface area contributed by atoms with E-state index in [1.54, 1.807) is 0 Å². The molecule has 0 aromatic heterocycles. The van der Waals surface area contributed by atoms with Crippen molar-refractivity contribution in [3.8, 4) is 0 Å². The second kappa shape index (κ2) is 7.99. The predicted molar refractivity (Wildman–Crippen MR) is 82.5 cm³/mol. The van der Waals surface area contributed by atoms with E-state index in [4.69, 9.17) is 0 Å². The molecule has 3 N–H and O–H groups in total. The molecule has 1 unspecified atom stereocenters. The molecule has 0 aromatic rings. The molecule has 118 valence electrons. The molecule has 1 saturated carbocycles. The molecule has 0 heterocycles. The predicted octanol–water partition coefficient (Wildman–Crippen LogP) is 2.07. The monoisotopic (exact) mass is 284 g/mol. The SMILES string of the molecule is CC(C)CCNC(=O)C(C)NCC1(O)CCC(C)CC1. The molecule has 1 amide bonds. The molecule has 0 radical (unpaired) electrons. The van der Waals surface area contributed by atoms with E-state index in [1.807, 2.05) is 6.92 Å². The number of carbonyl (C=O) groups is 1. The van der Waals surface area contributed by atoms with Crippen molar-refractivity contribution in [3.63, 3.8) is 0 Å². The summed E-state index contributed by atoms with van der Waals surface area (Å²) >= 11 is 0. The van der Waals surface area contributed by atoms with Crippen LogP contribution in [0.4, 0.5) is 0 Å². The largest absolute Gasteiger partial charge is 0.389 e. The van der Waals surface area contributed by atoms with Gasteiger partial charge < -0.3 is 15.7 Å².